The molecule has 0 bridgehead atoms. The number of rotatable bonds is 12. The minimum absolute atomic E-state index is 0.0353. The number of benzene rings is 2. The molecule has 0 unspecified atom stereocenters. The molecule has 2 amide bonds. The number of sulfonamides is 1. The molecule has 1 N–H and O–H groups in total. The molecule has 34 heavy (non-hydrogen) atoms. The summed E-state index contributed by atoms with van der Waals surface area (Å²) in [6.45, 7) is 5.78. The van der Waals surface area contributed by atoms with Gasteiger partial charge in [0.15, 0.2) is 0 Å². The molecule has 2 rings (SSSR count). The van der Waals surface area contributed by atoms with Gasteiger partial charge in [-0.2, -0.15) is 0 Å². The highest BCUT2D eigenvalue weighted by Crippen LogP contribution is 2.19. The SMILES string of the molecule is CC[C@@H](C)NC(=O)[C@@H](C)N(Cc1ccc(F)cc1)C(=O)CCCN(c1ccccc1)S(C)(=O)=O. The Bertz CT molecular complexity index is 1050. The Labute approximate surface area is 202 Å². The van der Waals surface area contributed by atoms with Gasteiger partial charge in [-0.15, -0.1) is 0 Å². The van der Waals surface area contributed by atoms with Crippen molar-refractivity contribution in [1.29, 1.82) is 0 Å². The van der Waals surface area contributed by atoms with Crippen LogP contribution in [-0.4, -0.2) is 50.0 Å². The average Bonchev–Trinajstić information content (AvgIpc) is 2.80. The molecular formula is C25H34FN3O4S. The van der Waals surface area contributed by atoms with E-state index in [0.717, 1.165) is 12.7 Å². The van der Waals surface area contributed by atoms with Crippen molar-refractivity contribution in [3.05, 3.63) is 66.0 Å². The van der Waals surface area contributed by atoms with Gasteiger partial charge >= 0.3 is 0 Å². The van der Waals surface area contributed by atoms with Gasteiger partial charge in [0.2, 0.25) is 21.8 Å². The monoisotopic (exact) mass is 491 g/mol. The molecule has 2 atom stereocenters. The van der Waals surface area contributed by atoms with E-state index >= 15 is 0 Å². The predicted molar refractivity (Wildman–Crippen MR) is 132 cm³/mol. The van der Waals surface area contributed by atoms with E-state index in [9.17, 15) is 22.4 Å². The van der Waals surface area contributed by atoms with Crippen LogP contribution >= 0.6 is 0 Å². The number of nitrogens with zero attached hydrogens (tertiary/aromatic N) is 2. The summed E-state index contributed by atoms with van der Waals surface area (Å²) in [5, 5.41) is 2.89. The van der Waals surface area contributed by atoms with Gasteiger partial charge in [-0.1, -0.05) is 37.3 Å². The van der Waals surface area contributed by atoms with Crippen LogP contribution in [0.3, 0.4) is 0 Å². The zero-order valence-corrected chi connectivity index (χ0v) is 21.0. The molecule has 0 aliphatic heterocycles. The molecule has 186 valence electrons. The zero-order chi connectivity index (χ0) is 25.3. The van der Waals surface area contributed by atoms with E-state index in [2.05, 4.69) is 5.32 Å². The fourth-order valence-corrected chi connectivity index (χ4v) is 4.40. The van der Waals surface area contributed by atoms with Crippen LogP contribution in [0.1, 0.15) is 45.6 Å². The molecule has 2 aromatic carbocycles. The minimum atomic E-state index is -3.53. The van der Waals surface area contributed by atoms with Gasteiger partial charge in [-0.3, -0.25) is 13.9 Å². The summed E-state index contributed by atoms with van der Waals surface area (Å²) >= 11 is 0. The number of halogens is 1. The summed E-state index contributed by atoms with van der Waals surface area (Å²) in [5.41, 5.74) is 1.22. The van der Waals surface area contributed by atoms with E-state index in [4.69, 9.17) is 0 Å². The topological polar surface area (TPSA) is 86.8 Å². The molecule has 2 aromatic rings. The number of nitrogens with one attached hydrogen (secondary N) is 1. The summed E-state index contributed by atoms with van der Waals surface area (Å²) in [7, 11) is -3.53. The fourth-order valence-electron chi connectivity index (χ4n) is 3.43. The zero-order valence-electron chi connectivity index (χ0n) is 20.2. The Morgan fingerprint density at radius 2 is 1.65 bits per heavy atom. The second-order valence-electron chi connectivity index (χ2n) is 8.42. The molecule has 9 heteroatoms. The average molecular weight is 492 g/mol. The van der Waals surface area contributed by atoms with Crippen molar-refractivity contribution in [2.45, 2.75) is 58.7 Å². The minimum Gasteiger partial charge on any atom is -0.352 e. The number of hydrogen-bond acceptors (Lipinski definition) is 4. The molecule has 0 heterocycles. The quantitative estimate of drug-likeness (QED) is 0.491. The molecule has 0 saturated heterocycles. The smallest absolute Gasteiger partial charge is 0.242 e. The highest BCUT2D eigenvalue weighted by molar-refractivity contribution is 7.92. The second-order valence-corrected chi connectivity index (χ2v) is 10.3. The second kappa shape index (κ2) is 12.5. The molecular weight excluding hydrogens is 457 g/mol. The Morgan fingerprint density at radius 3 is 2.21 bits per heavy atom. The van der Waals surface area contributed by atoms with Gasteiger partial charge in [0.1, 0.15) is 11.9 Å². The van der Waals surface area contributed by atoms with Crippen molar-refractivity contribution in [1.82, 2.24) is 10.2 Å². The lowest BCUT2D eigenvalue weighted by Gasteiger charge is -2.30. The Balaban J connectivity index is 2.14. The summed E-state index contributed by atoms with van der Waals surface area (Å²) in [6, 6.07) is 13.7. The van der Waals surface area contributed by atoms with E-state index in [1.54, 1.807) is 49.4 Å². The van der Waals surface area contributed by atoms with E-state index in [-0.39, 0.29) is 49.6 Å². The van der Waals surface area contributed by atoms with Crippen molar-refractivity contribution in [2.75, 3.05) is 17.1 Å². The van der Waals surface area contributed by atoms with Gasteiger partial charge in [-0.05, 0) is 56.5 Å². The molecule has 0 fully saturated rings. The maximum Gasteiger partial charge on any atom is 0.242 e. The maximum atomic E-state index is 13.3. The molecule has 0 spiro atoms. The van der Waals surface area contributed by atoms with Crippen LogP contribution in [-0.2, 0) is 26.2 Å². The number of anilines is 1. The molecule has 0 aliphatic rings. The standard InChI is InChI=1S/C25H34FN3O4S/c1-5-19(2)27-25(31)20(3)28(18-21-13-15-22(26)16-14-21)24(30)12-9-17-29(34(4,32)33)23-10-7-6-8-11-23/h6-8,10-11,13-16,19-20H,5,9,12,17-18H2,1-4H3,(H,27,31)/t19-,20-/m1/s1. The lowest BCUT2D eigenvalue weighted by molar-refractivity contribution is -0.140. The third-order valence-electron chi connectivity index (χ3n) is 5.63. The molecule has 7 nitrogen and oxygen atoms in total. The van der Waals surface area contributed by atoms with Gasteiger partial charge in [-0.25, -0.2) is 12.8 Å². The van der Waals surface area contributed by atoms with Crippen molar-refractivity contribution in [2.24, 2.45) is 0 Å². The van der Waals surface area contributed by atoms with Crippen LogP contribution in [0, 0.1) is 5.82 Å². The fraction of sp³-hybridized carbons (Fsp3) is 0.440. The Hall–Kier alpha value is -2.94. The summed E-state index contributed by atoms with van der Waals surface area (Å²) in [4.78, 5) is 27.4. The highest BCUT2D eigenvalue weighted by Gasteiger charge is 2.27. The first-order chi connectivity index (χ1) is 16.0. The van der Waals surface area contributed by atoms with Gasteiger partial charge in [0, 0.05) is 25.6 Å². The normalized spacial score (nSPS) is 13.1. The van der Waals surface area contributed by atoms with E-state index < -0.39 is 16.1 Å². The summed E-state index contributed by atoms with van der Waals surface area (Å²) in [6.07, 6.45) is 2.22. The van der Waals surface area contributed by atoms with Crippen molar-refractivity contribution >= 4 is 27.5 Å². The van der Waals surface area contributed by atoms with Crippen molar-refractivity contribution < 1.29 is 22.4 Å². The Kier molecular flexibility index (Phi) is 10.0. The summed E-state index contributed by atoms with van der Waals surface area (Å²) in [5.74, 6) is -0.935. The van der Waals surface area contributed by atoms with E-state index in [1.807, 2.05) is 13.8 Å². The molecule has 0 radical (unpaired) electrons. The maximum absolute atomic E-state index is 13.3. The lowest BCUT2D eigenvalue weighted by Crippen LogP contribution is -2.49. The highest BCUT2D eigenvalue weighted by atomic mass is 32.2. The largest absolute Gasteiger partial charge is 0.352 e. The van der Waals surface area contributed by atoms with Crippen molar-refractivity contribution in [3.8, 4) is 0 Å². The predicted octanol–water partition coefficient (Wildman–Crippen LogP) is 3.70. The molecule has 0 saturated carbocycles. The number of para-hydroxylation sites is 1. The van der Waals surface area contributed by atoms with Gasteiger partial charge in [0.05, 0.1) is 11.9 Å². The third kappa shape index (κ3) is 8.13. The number of carbonyl (C=O) groups excluding carboxylic acids is 2. The number of hydrogen-bond donors (Lipinski definition) is 1. The van der Waals surface area contributed by atoms with Crippen LogP contribution in [0.25, 0.3) is 0 Å². The van der Waals surface area contributed by atoms with Crippen molar-refractivity contribution in [3.63, 3.8) is 0 Å². The third-order valence-corrected chi connectivity index (χ3v) is 6.82. The van der Waals surface area contributed by atoms with Gasteiger partial charge < -0.3 is 10.2 Å². The van der Waals surface area contributed by atoms with Crippen LogP contribution in [0.4, 0.5) is 10.1 Å². The van der Waals surface area contributed by atoms with Crippen LogP contribution in [0.15, 0.2) is 54.6 Å². The summed E-state index contributed by atoms with van der Waals surface area (Å²) < 4.78 is 39.2. The molecule has 0 aromatic heterocycles. The lowest BCUT2D eigenvalue weighted by atomic mass is 10.1. The van der Waals surface area contributed by atoms with Crippen LogP contribution < -0.4 is 9.62 Å². The first kappa shape index (κ1) is 27.3. The van der Waals surface area contributed by atoms with Gasteiger partial charge in [0.25, 0.3) is 0 Å². The van der Waals surface area contributed by atoms with Crippen LogP contribution in [0.5, 0.6) is 0 Å². The Morgan fingerprint density at radius 1 is 1.03 bits per heavy atom. The molecule has 0 aliphatic carbocycles. The number of carbonyl (C=O) groups is 2. The van der Waals surface area contributed by atoms with Crippen LogP contribution in [0.2, 0.25) is 0 Å². The van der Waals surface area contributed by atoms with E-state index in [0.29, 0.717) is 11.3 Å². The van der Waals surface area contributed by atoms with E-state index in [1.165, 1.54) is 21.3 Å². The first-order valence-electron chi connectivity index (χ1n) is 11.4. The number of amides is 2. The first-order valence-corrected chi connectivity index (χ1v) is 13.2.